The van der Waals surface area contributed by atoms with Crippen molar-refractivity contribution in [2.75, 3.05) is 26.3 Å². The molecule has 0 bridgehead atoms. The van der Waals surface area contributed by atoms with E-state index in [1.165, 1.54) is 4.31 Å². The van der Waals surface area contributed by atoms with Crippen molar-refractivity contribution in [2.45, 2.75) is 44.7 Å². The Morgan fingerprint density at radius 2 is 2.05 bits per heavy atom. The first-order chi connectivity index (χ1) is 9.48. The van der Waals surface area contributed by atoms with Gasteiger partial charge in [0.05, 0.1) is 13.2 Å². The first-order valence-corrected chi connectivity index (χ1v) is 8.47. The van der Waals surface area contributed by atoms with E-state index in [2.05, 4.69) is 0 Å². The van der Waals surface area contributed by atoms with Crippen LogP contribution in [0.25, 0.3) is 0 Å². The predicted octanol–water partition coefficient (Wildman–Crippen LogP) is 0.281. The number of nitrogens with zero attached hydrogens (tertiary/aromatic N) is 2. The maximum Gasteiger partial charge on any atom is 0.322 e. The Bertz CT molecular complexity index is 453. The van der Waals surface area contributed by atoms with Crippen LogP contribution in [0.1, 0.15) is 32.6 Å². The van der Waals surface area contributed by atoms with Crippen molar-refractivity contribution < 1.29 is 23.1 Å². The number of rotatable bonds is 4. The highest BCUT2D eigenvalue weighted by atomic mass is 32.2. The molecule has 0 amide bonds. The Morgan fingerprint density at radius 3 is 2.70 bits per heavy atom. The molecule has 0 aromatic carbocycles. The number of carboxylic acids is 1. The summed E-state index contributed by atoms with van der Waals surface area (Å²) in [5.74, 6) is -1.06. The second kappa shape index (κ2) is 6.38. The van der Waals surface area contributed by atoms with Gasteiger partial charge in [0.25, 0.3) is 10.2 Å². The largest absolute Gasteiger partial charge is 0.480 e. The lowest BCUT2D eigenvalue weighted by atomic mass is 10.1. The topological polar surface area (TPSA) is 87.2 Å². The van der Waals surface area contributed by atoms with E-state index in [0.29, 0.717) is 39.0 Å². The molecule has 2 aliphatic rings. The molecule has 7 nitrogen and oxygen atoms in total. The molecule has 2 heterocycles. The van der Waals surface area contributed by atoms with Crippen molar-refractivity contribution in [1.29, 1.82) is 0 Å². The molecule has 0 aromatic rings. The first-order valence-electron chi connectivity index (χ1n) is 7.07. The number of carboxylic acid groups (broad SMARTS) is 1. The van der Waals surface area contributed by atoms with Gasteiger partial charge in [0.2, 0.25) is 0 Å². The van der Waals surface area contributed by atoms with Crippen molar-refractivity contribution in [3.05, 3.63) is 0 Å². The number of piperidine rings is 1. The minimum atomic E-state index is -3.73. The number of hydrogen-bond donors (Lipinski definition) is 1. The highest BCUT2D eigenvalue weighted by molar-refractivity contribution is 7.86. The normalized spacial score (nSPS) is 30.2. The van der Waals surface area contributed by atoms with Gasteiger partial charge in [0.15, 0.2) is 0 Å². The Morgan fingerprint density at radius 1 is 1.30 bits per heavy atom. The molecule has 2 rings (SSSR count). The van der Waals surface area contributed by atoms with Crippen LogP contribution >= 0.6 is 0 Å². The average Bonchev–Trinajstić information content (AvgIpc) is 2.47. The molecule has 0 aliphatic carbocycles. The van der Waals surface area contributed by atoms with Crippen molar-refractivity contribution in [3.8, 4) is 0 Å². The van der Waals surface area contributed by atoms with E-state index in [1.807, 2.05) is 6.92 Å². The Labute approximate surface area is 119 Å². The lowest BCUT2D eigenvalue weighted by molar-refractivity contribution is -0.142. The summed E-state index contributed by atoms with van der Waals surface area (Å²) in [7, 11) is -3.73. The average molecular weight is 306 g/mol. The van der Waals surface area contributed by atoms with Gasteiger partial charge < -0.3 is 9.84 Å². The van der Waals surface area contributed by atoms with Crippen LogP contribution in [0, 0.1) is 0 Å². The van der Waals surface area contributed by atoms with Gasteiger partial charge in [-0.15, -0.1) is 0 Å². The van der Waals surface area contributed by atoms with Gasteiger partial charge in [-0.25, -0.2) is 0 Å². The Hall–Kier alpha value is -0.700. The number of ether oxygens (including phenoxy) is 1. The molecule has 2 aliphatic heterocycles. The fourth-order valence-electron chi connectivity index (χ4n) is 2.83. The zero-order valence-corrected chi connectivity index (χ0v) is 12.5. The summed E-state index contributed by atoms with van der Waals surface area (Å²) in [6.45, 7) is 3.23. The van der Waals surface area contributed by atoms with Crippen LogP contribution in [0.4, 0.5) is 0 Å². The van der Waals surface area contributed by atoms with Crippen molar-refractivity contribution in [3.63, 3.8) is 0 Å². The van der Waals surface area contributed by atoms with Gasteiger partial charge in [-0.2, -0.15) is 17.0 Å². The van der Waals surface area contributed by atoms with Crippen molar-refractivity contribution >= 4 is 16.2 Å². The summed E-state index contributed by atoms with van der Waals surface area (Å²) in [5, 5.41) is 9.24. The SMILES string of the molecule is CCC1COCCN1S(=O)(=O)N1CCCCC1C(=O)O. The zero-order chi connectivity index (χ0) is 14.8. The summed E-state index contributed by atoms with van der Waals surface area (Å²) in [6, 6.07) is -1.14. The van der Waals surface area contributed by atoms with E-state index in [1.54, 1.807) is 0 Å². The number of morpholine rings is 1. The molecular weight excluding hydrogens is 284 g/mol. The zero-order valence-electron chi connectivity index (χ0n) is 11.7. The van der Waals surface area contributed by atoms with Crippen molar-refractivity contribution in [1.82, 2.24) is 8.61 Å². The summed E-state index contributed by atoms with van der Waals surface area (Å²) in [5.41, 5.74) is 0. The van der Waals surface area contributed by atoms with E-state index in [9.17, 15) is 18.3 Å². The molecule has 0 saturated carbocycles. The molecular formula is C12H22N2O5S. The lowest BCUT2D eigenvalue weighted by Gasteiger charge is -2.40. The van der Waals surface area contributed by atoms with Gasteiger partial charge in [-0.3, -0.25) is 4.79 Å². The van der Waals surface area contributed by atoms with Crippen LogP contribution in [0.3, 0.4) is 0 Å². The Kier molecular flexibility index (Phi) is 5.00. The van der Waals surface area contributed by atoms with Crippen LogP contribution in [-0.2, 0) is 19.7 Å². The quantitative estimate of drug-likeness (QED) is 0.806. The fourth-order valence-corrected chi connectivity index (χ4v) is 4.87. The lowest BCUT2D eigenvalue weighted by Crippen LogP contribution is -2.58. The van der Waals surface area contributed by atoms with E-state index in [0.717, 1.165) is 10.7 Å². The first kappa shape index (κ1) is 15.7. The minimum absolute atomic E-state index is 0.204. The van der Waals surface area contributed by atoms with Crippen LogP contribution in [0.15, 0.2) is 0 Å². The van der Waals surface area contributed by atoms with Crippen LogP contribution in [0.5, 0.6) is 0 Å². The minimum Gasteiger partial charge on any atom is -0.480 e. The van der Waals surface area contributed by atoms with Gasteiger partial charge >= 0.3 is 5.97 Å². The molecule has 2 fully saturated rings. The molecule has 2 unspecified atom stereocenters. The van der Waals surface area contributed by atoms with Gasteiger partial charge in [-0.05, 0) is 25.7 Å². The molecule has 116 valence electrons. The third-order valence-electron chi connectivity index (χ3n) is 3.98. The molecule has 0 aromatic heterocycles. The molecule has 1 N–H and O–H groups in total. The van der Waals surface area contributed by atoms with Crippen molar-refractivity contribution in [2.24, 2.45) is 0 Å². The molecule has 20 heavy (non-hydrogen) atoms. The molecule has 8 heteroatoms. The second-order valence-electron chi connectivity index (χ2n) is 5.22. The Balaban J connectivity index is 2.24. The summed E-state index contributed by atoms with van der Waals surface area (Å²) in [6.07, 6.45) is 2.51. The second-order valence-corrected chi connectivity index (χ2v) is 7.05. The van der Waals surface area contributed by atoms with E-state index in [4.69, 9.17) is 4.74 Å². The number of aliphatic carboxylic acids is 1. The van der Waals surface area contributed by atoms with E-state index >= 15 is 0 Å². The van der Waals surface area contributed by atoms with Gasteiger partial charge in [-0.1, -0.05) is 6.92 Å². The summed E-state index contributed by atoms with van der Waals surface area (Å²) in [4.78, 5) is 11.3. The van der Waals surface area contributed by atoms with Gasteiger partial charge in [0.1, 0.15) is 6.04 Å². The highest BCUT2D eigenvalue weighted by Gasteiger charge is 2.42. The third kappa shape index (κ3) is 2.98. The van der Waals surface area contributed by atoms with E-state index in [-0.39, 0.29) is 12.6 Å². The molecule has 0 spiro atoms. The maximum atomic E-state index is 12.8. The predicted molar refractivity (Wildman–Crippen MR) is 72.5 cm³/mol. The smallest absolute Gasteiger partial charge is 0.322 e. The fraction of sp³-hybridized carbons (Fsp3) is 0.917. The van der Waals surface area contributed by atoms with Crippen LogP contribution in [-0.4, -0.2) is 66.5 Å². The van der Waals surface area contributed by atoms with E-state index < -0.39 is 22.2 Å². The highest BCUT2D eigenvalue weighted by Crippen LogP contribution is 2.25. The molecule has 0 radical (unpaired) electrons. The standard InChI is InChI=1S/C12H22N2O5S/c1-2-10-9-19-8-7-13(10)20(17,18)14-6-4-3-5-11(14)12(15)16/h10-11H,2-9H2,1H3,(H,15,16). The van der Waals surface area contributed by atoms with Crippen LogP contribution < -0.4 is 0 Å². The van der Waals surface area contributed by atoms with Crippen LogP contribution in [0.2, 0.25) is 0 Å². The number of hydrogen-bond acceptors (Lipinski definition) is 4. The molecule has 2 atom stereocenters. The summed E-state index contributed by atoms with van der Waals surface area (Å²) < 4.78 is 33.4. The monoisotopic (exact) mass is 306 g/mol. The third-order valence-corrected chi connectivity index (χ3v) is 6.08. The van der Waals surface area contributed by atoms with Gasteiger partial charge in [0, 0.05) is 19.1 Å². The maximum absolute atomic E-state index is 12.8. The summed E-state index contributed by atoms with van der Waals surface area (Å²) >= 11 is 0. The number of carbonyl (C=O) groups is 1. The molecule has 2 saturated heterocycles.